The Bertz CT molecular complexity index is 1140. The molecule has 0 unspecified atom stereocenters. The summed E-state index contributed by atoms with van der Waals surface area (Å²) in [7, 11) is 0. The molecular formula is C22H24FN7O3. The third-order valence-corrected chi connectivity index (χ3v) is 4.80. The van der Waals surface area contributed by atoms with Gasteiger partial charge in [0.15, 0.2) is 11.6 Å². The second kappa shape index (κ2) is 9.31. The van der Waals surface area contributed by atoms with Crippen LogP contribution in [0.3, 0.4) is 0 Å². The van der Waals surface area contributed by atoms with Crippen molar-refractivity contribution in [3.63, 3.8) is 0 Å². The van der Waals surface area contributed by atoms with E-state index in [0.717, 1.165) is 11.3 Å². The summed E-state index contributed by atoms with van der Waals surface area (Å²) in [6.07, 6.45) is 6.92. The molecule has 3 heterocycles. The highest BCUT2D eigenvalue weighted by Crippen LogP contribution is 2.23. The van der Waals surface area contributed by atoms with Crippen molar-refractivity contribution in [2.45, 2.75) is 39.4 Å². The topological polar surface area (TPSA) is 108 Å². The second-order valence-electron chi connectivity index (χ2n) is 8.46. The molecular weight excluding hydrogens is 429 g/mol. The highest BCUT2D eigenvalue weighted by molar-refractivity contribution is 5.71. The molecule has 0 atom stereocenters. The van der Waals surface area contributed by atoms with Crippen molar-refractivity contribution < 1.29 is 18.7 Å². The number of hydrogen-bond acceptors (Lipinski definition) is 8. The van der Waals surface area contributed by atoms with Gasteiger partial charge < -0.3 is 14.4 Å². The largest absolute Gasteiger partial charge is 0.484 e. The van der Waals surface area contributed by atoms with Crippen molar-refractivity contribution in [3.05, 3.63) is 60.2 Å². The Morgan fingerprint density at radius 3 is 2.67 bits per heavy atom. The van der Waals surface area contributed by atoms with E-state index in [-0.39, 0.29) is 18.4 Å². The summed E-state index contributed by atoms with van der Waals surface area (Å²) in [5.41, 5.74) is 2.28. The quantitative estimate of drug-likeness (QED) is 0.580. The van der Waals surface area contributed by atoms with Crippen LogP contribution in [0, 0.1) is 5.82 Å². The average molecular weight is 453 g/mol. The Balaban J connectivity index is 1.33. The summed E-state index contributed by atoms with van der Waals surface area (Å²) in [6.45, 7) is 6.61. The molecule has 0 bridgehead atoms. The lowest BCUT2D eigenvalue weighted by Crippen LogP contribution is -2.39. The number of nitrogens with zero attached hydrogens (tertiary/aromatic N) is 7. The van der Waals surface area contributed by atoms with Gasteiger partial charge in [-0.25, -0.2) is 13.9 Å². The van der Waals surface area contributed by atoms with Gasteiger partial charge in [-0.15, -0.1) is 5.10 Å². The van der Waals surface area contributed by atoms with Gasteiger partial charge in [-0.3, -0.25) is 9.97 Å². The smallest absolute Gasteiger partial charge is 0.410 e. The first-order valence-corrected chi connectivity index (χ1v) is 10.4. The van der Waals surface area contributed by atoms with E-state index in [1.54, 1.807) is 23.4 Å². The van der Waals surface area contributed by atoms with E-state index in [1.165, 1.54) is 23.1 Å². The molecule has 4 rings (SSSR count). The Morgan fingerprint density at radius 1 is 1.21 bits per heavy atom. The third-order valence-electron chi connectivity index (χ3n) is 4.80. The molecule has 2 aromatic heterocycles. The number of amides is 1. The molecule has 3 aromatic rings. The van der Waals surface area contributed by atoms with E-state index in [4.69, 9.17) is 9.47 Å². The van der Waals surface area contributed by atoms with Crippen LogP contribution in [0.5, 0.6) is 5.75 Å². The normalized spacial score (nSPS) is 14.1. The number of halogens is 1. The van der Waals surface area contributed by atoms with E-state index in [9.17, 15) is 9.18 Å². The molecule has 0 aliphatic carbocycles. The fourth-order valence-electron chi connectivity index (χ4n) is 3.17. The minimum absolute atomic E-state index is 0.0693. The first-order valence-electron chi connectivity index (χ1n) is 10.4. The Hall–Kier alpha value is -3.89. The number of rotatable bonds is 5. The maximum Gasteiger partial charge on any atom is 0.410 e. The van der Waals surface area contributed by atoms with Crippen molar-refractivity contribution in [2.75, 3.05) is 13.1 Å². The highest BCUT2D eigenvalue weighted by Gasteiger charge is 2.24. The predicted molar refractivity (Wildman–Crippen MR) is 116 cm³/mol. The molecule has 1 aliphatic rings. The van der Waals surface area contributed by atoms with Crippen molar-refractivity contribution in [2.24, 2.45) is 0 Å². The van der Waals surface area contributed by atoms with Gasteiger partial charge in [0.1, 0.15) is 18.5 Å². The van der Waals surface area contributed by atoms with Gasteiger partial charge in [0, 0.05) is 19.2 Å². The highest BCUT2D eigenvalue weighted by atomic mass is 19.1. The average Bonchev–Trinajstić information content (AvgIpc) is 3.33. The number of tetrazole rings is 1. The van der Waals surface area contributed by atoms with Crippen LogP contribution in [-0.2, 0) is 11.3 Å². The summed E-state index contributed by atoms with van der Waals surface area (Å²) in [6, 6.07) is 4.45. The van der Waals surface area contributed by atoms with Gasteiger partial charge in [0.25, 0.3) is 0 Å². The van der Waals surface area contributed by atoms with E-state index in [1.807, 2.05) is 26.8 Å². The van der Waals surface area contributed by atoms with Gasteiger partial charge in [-0.05, 0) is 55.3 Å². The molecule has 172 valence electrons. The molecule has 1 amide bonds. The lowest BCUT2D eigenvalue weighted by Gasteiger charge is -2.29. The van der Waals surface area contributed by atoms with Crippen molar-refractivity contribution in [1.29, 1.82) is 0 Å². The van der Waals surface area contributed by atoms with Crippen LogP contribution in [0.2, 0.25) is 0 Å². The van der Waals surface area contributed by atoms with E-state index in [0.29, 0.717) is 30.9 Å². The number of aromatic nitrogens is 6. The lowest BCUT2D eigenvalue weighted by atomic mass is 10.1. The Labute approximate surface area is 190 Å². The summed E-state index contributed by atoms with van der Waals surface area (Å²) >= 11 is 0. The molecule has 1 aromatic carbocycles. The number of carbonyl (C=O) groups is 1. The molecule has 0 radical (unpaired) electrons. The van der Waals surface area contributed by atoms with E-state index < -0.39 is 11.4 Å². The summed E-state index contributed by atoms with van der Waals surface area (Å²) < 4.78 is 26.7. The third kappa shape index (κ3) is 5.68. The van der Waals surface area contributed by atoms with Crippen LogP contribution < -0.4 is 4.74 Å². The number of carbonyl (C=O) groups excluding carboxylic acids is 1. The lowest BCUT2D eigenvalue weighted by molar-refractivity contribution is 0.0270. The summed E-state index contributed by atoms with van der Waals surface area (Å²) in [5, 5.41) is 10.8. The molecule has 0 saturated heterocycles. The van der Waals surface area contributed by atoms with Crippen LogP contribution in [0.1, 0.15) is 38.6 Å². The minimum Gasteiger partial charge on any atom is -0.484 e. The fourth-order valence-corrected chi connectivity index (χ4v) is 3.17. The van der Waals surface area contributed by atoms with Crippen LogP contribution in [-0.4, -0.2) is 59.9 Å². The SMILES string of the molecule is CC(C)(C)OC(=O)N1CC=C(c2cnc(COc3ccc(-n4cnnn4)cc3F)cn2)CC1. The number of ether oxygens (including phenoxy) is 2. The van der Waals surface area contributed by atoms with Crippen LogP contribution in [0.15, 0.2) is 43.0 Å². The monoisotopic (exact) mass is 453 g/mol. The van der Waals surface area contributed by atoms with Gasteiger partial charge in [-0.1, -0.05) is 6.08 Å². The van der Waals surface area contributed by atoms with E-state index in [2.05, 4.69) is 25.5 Å². The first-order chi connectivity index (χ1) is 15.8. The van der Waals surface area contributed by atoms with Crippen LogP contribution in [0.25, 0.3) is 11.3 Å². The zero-order chi connectivity index (χ0) is 23.4. The molecule has 11 heteroatoms. The maximum atomic E-state index is 14.3. The van der Waals surface area contributed by atoms with Crippen molar-refractivity contribution in [3.8, 4) is 11.4 Å². The second-order valence-corrected chi connectivity index (χ2v) is 8.46. The molecule has 1 aliphatic heterocycles. The molecule has 0 saturated carbocycles. The van der Waals surface area contributed by atoms with Crippen molar-refractivity contribution >= 4 is 11.7 Å². The van der Waals surface area contributed by atoms with Gasteiger partial charge in [-0.2, -0.15) is 0 Å². The zero-order valence-corrected chi connectivity index (χ0v) is 18.6. The Kier molecular flexibility index (Phi) is 6.29. The zero-order valence-electron chi connectivity index (χ0n) is 18.6. The standard InChI is InChI=1S/C22H24FN7O3/c1-22(2,3)33-21(31)29-8-6-15(7-9-29)19-12-24-16(11-25-19)13-32-20-5-4-17(10-18(20)23)30-14-26-27-28-30/h4-6,10-12,14H,7-9,13H2,1-3H3. The predicted octanol–water partition coefficient (Wildman–Crippen LogP) is 3.19. The molecule has 0 fully saturated rings. The number of hydrogen-bond donors (Lipinski definition) is 0. The van der Waals surface area contributed by atoms with E-state index >= 15 is 0 Å². The molecule has 0 spiro atoms. The van der Waals surface area contributed by atoms with Crippen molar-refractivity contribution in [1.82, 2.24) is 35.1 Å². The fraction of sp³-hybridized carbons (Fsp3) is 0.364. The summed E-state index contributed by atoms with van der Waals surface area (Å²) in [4.78, 5) is 22.7. The number of benzene rings is 1. The van der Waals surface area contributed by atoms with Gasteiger partial charge >= 0.3 is 6.09 Å². The first kappa shape index (κ1) is 22.3. The Morgan fingerprint density at radius 2 is 2.06 bits per heavy atom. The van der Waals surface area contributed by atoms with Crippen LogP contribution >= 0.6 is 0 Å². The maximum absolute atomic E-state index is 14.3. The summed E-state index contributed by atoms with van der Waals surface area (Å²) in [5.74, 6) is -0.440. The minimum atomic E-state index is -0.533. The molecule has 33 heavy (non-hydrogen) atoms. The van der Waals surface area contributed by atoms with Crippen LogP contribution in [0.4, 0.5) is 9.18 Å². The van der Waals surface area contributed by atoms with Gasteiger partial charge in [0.05, 0.1) is 29.5 Å². The van der Waals surface area contributed by atoms with Gasteiger partial charge in [0.2, 0.25) is 0 Å². The molecule has 0 N–H and O–H groups in total. The molecule has 10 nitrogen and oxygen atoms in total.